The Kier molecular flexibility index (Phi) is 5.75. The van der Waals surface area contributed by atoms with Gasteiger partial charge in [0.05, 0.1) is 6.61 Å². The Balaban J connectivity index is 1.98. The molecule has 0 aliphatic heterocycles. The number of nitrogens with one attached hydrogen (secondary N) is 2. The molecule has 0 fully saturated rings. The zero-order valence-electron chi connectivity index (χ0n) is 11.9. The third kappa shape index (κ3) is 4.72. The van der Waals surface area contributed by atoms with Crippen LogP contribution in [0.15, 0.2) is 48.5 Å². The maximum absolute atomic E-state index is 12.0. The first-order chi connectivity index (χ1) is 10.6. The van der Waals surface area contributed by atoms with Crippen LogP contribution in [0.1, 0.15) is 17.3 Å². The molecule has 0 heterocycles. The lowest BCUT2D eigenvalue weighted by atomic mass is 10.2. The Labute approximate surface area is 139 Å². The van der Waals surface area contributed by atoms with Gasteiger partial charge in [0.25, 0.3) is 5.91 Å². The largest absolute Gasteiger partial charge is 0.494 e. The molecule has 2 N–H and O–H groups in total. The van der Waals surface area contributed by atoms with Crippen molar-refractivity contribution in [3.63, 3.8) is 0 Å². The highest BCUT2D eigenvalue weighted by Crippen LogP contribution is 2.17. The predicted molar refractivity (Wildman–Crippen MR) is 92.7 cm³/mol. The van der Waals surface area contributed by atoms with Crippen LogP contribution in [-0.4, -0.2) is 17.6 Å². The predicted octanol–water partition coefficient (Wildman–Crippen LogP) is 3.87. The first-order valence-corrected chi connectivity index (χ1v) is 7.48. The second-order valence-corrected chi connectivity index (χ2v) is 5.22. The Bertz CT molecular complexity index is 691. The molecule has 2 aromatic carbocycles. The zero-order chi connectivity index (χ0) is 15.9. The van der Waals surface area contributed by atoms with E-state index in [2.05, 4.69) is 10.6 Å². The van der Waals surface area contributed by atoms with Gasteiger partial charge in [-0.1, -0.05) is 23.7 Å². The Hall–Kier alpha value is -2.11. The summed E-state index contributed by atoms with van der Waals surface area (Å²) in [5.74, 6) is 0.414. The number of ether oxygens (including phenoxy) is 1. The standard InChI is InChI=1S/C16H15ClN2O2S/c1-2-21-14-8-4-7-13(10-14)18-16(22)19-15(20)11-5-3-6-12(17)9-11/h3-10H,2H2,1H3,(H2,18,19,20,22). The van der Waals surface area contributed by atoms with E-state index < -0.39 is 0 Å². The summed E-state index contributed by atoms with van der Waals surface area (Å²) in [6, 6.07) is 14.0. The topological polar surface area (TPSA) is 50.4 Å². The summed E-state index contributed by atoms with van der Waals surface area (Å²) in [6.07, 6.45) is 0. The number of rotatable bonds is 4. The van der Waals surface area contributed by atoms with Crippen LogP contribution in [0.4, 0.5) is 5.69 Å². The van der Waals surface area contributed by atoms with Gasteiger partial charge in [-0.3, -0.25) is 10.1 Å². The molecule has 0 spiro atoms. The van der Waals surface area contributed by atoms with Crippen LogP contribution in [0.3, 0.4) is 0 Å². The van der Waals surface area contributed by atoms with E-state index in [0.29, 0.717) is 17.2 Å². The Morgan fingerprint density at radius 3 is 2.73 bits per heavy atom. The van der Waals surface area contributed by atoms with Crippen molar-refractivity contribution in [3.05, 3.63) is 59.1 Å². The first-order valence-electron chi connectivity index (χ1n) is 6.69. The number of benzene rings is 2. The SMILES string of the molecule is CCOc1cccc(NC(=S)NC(=O)c2cccc(Cl)c2)c1. The normalized spacial score (nSPS) is 9.91. The van der Waals surface area contributed by atoms with Crippen LogP contribution in [0.2, 0.25) is 5.02 Å². The highest BCUT2D eigenvalue weighted by atomic mass is 35.5. The van der Waals surface area contributed by atoms with Gasteiger partial charge in [0, 0.05) is 22.3 Å². The average molecular weight is 335 g/mol. The van der Waals surface area contributed by atoms with Crippen LogP contribution in [0, 0.1) is 0 Å². The molecular weight excluding hydrogens is 320 g/mol. The summed E-state index contributed by atoms with van der Waals surface area (Å²) in [5.41, 5.74) is 1.18. The number of halogens is 1. The van der Waals surface area contributed by atoms with Gasteiger partial charge in [0.1, 0.15) is 5.75 Å². The molecule has 0 unspecified atom stereocenters. The van der Waals surface area contributed by atoms with Crippen molar-refractivity contribution in [2.75, 3.05) is 11.9 Å². The third-order valence-corrected chi connectivity index (χ3v) is 3.16. The van der Waals surface area contributed by atoms with E-state index in [0.717, 1.165) is 11.4 Å². The lowest BCUT2D eigenvalue weighted by Gasteiger charge is -2.11. The monoisotopic (exact) mass is 334 g/mol. The second kappa shape index (κ2) is 7.77. The molecule has 2 rings (SSSR count). The lowest BCUT2D eigenvalue weighted by molar-refractivity contribution is 0.0977. The molecule has 0 saturated heterocycles. The minimum Gasteiger partial charge on any atom is -0.494 e. The quantitative estimate of drug-likeness (QED) is 0.833. The molecule has 1 amide bonds. The lowest BCUT2D eigenvalue weighted by Crippen LogP contribution is -2.34. The maximum Gasteiger partial charge on any atom is 0.257 e. The molecule has 0 bridgehead atoms. The molecule has 114 valence electrons. The van der Waals surface area contributed by atoms with Crippen molar-refractivity contribution in [1.82, 2.24) is 5.32 Å². The van der Waals surface area contributed by atoms with Gasteiger partial charge in [-0.05, 0) is 49.5 Å². The number of thiocarbonyl (C=S) groups is 1. The van der Waals surface area contributed by atoms with Crippen molar-refractivity contribution >= 4 is 40.5 Å². The highest BCUT2D eigenvalue weighted by Gasteiger charge is 2.08. The van der Waals surface area contributed by atoms with Gasteiger partial charge in [0.2, 0.25) is 0 Å². The summed E-state index contributed by atoms with van der Waals surface area (Å²) < 4.78 is 5.41. The van der Waals surface area contributed by atoms with Gasteiger partial charge in [-0.2, -0.15) is 0 Å². The fraction of sp³-hybridized carbons (Fsp3) is 0.125. The number of hydrogen-bond donors (Lipinski definition) is 2. The van der Waals surface area contributed by atoms with Crippen molar-refractivity contribution in [1.29, 1.82) is 0 Å². The van der Waals surface area contributed by atoms with Crippen molar-refractivity contribution in [2.45, 2.75) is 6.92 Å². The molecule has 0 aromatic heterocycles. The van der Waals surface area contributed by atoms with Crippen molar-refractivity contribution in [2.24, 2.45) is 0 Å². The zero-order valence-corrected chi connectivity index (χ0v) is 13.5. The first kappa shape index (κ1) is 16.3. The summed E-state index contributed by atoms with van der Waals surface area (Å²) in [4.78, 5) is 12.0. The van der Waals surface area contributed by atoms with Crippen LogP contribution in [0.25, 0.3) is 0 Å². The van der Waals surface area contributed by atoms with Gasteiger partial charge < -0.3 is 10.1 Å². The molecule has 0 radical (unpaired) electrons. The van der Waals surface area contributed by atoms with E-state index in [9.17, 15) is 4.79 Å². The second-order valence-electron chi connectivity index (χ2n) is 4.38. The van der Waals surface area contributed by atoms with Crippen LogP contribution in [0.5, 0.6) is 5.75 Å². The van der Waals surface area contributed by atoms with Crippen molar-refractivity contribution < 1.29 is 9.53 Å². The molecule has 6 heteroatoms. The van der Waals surface area contributed by atoms with E-state index in [4.69, 9.17) is 28.6 Å². The van der Waals surface area contributed by atoms with Gasteiger partial charge in [0.15, 0.2) is 5.11 Å². The maximum atomic E-state index is 12.0. The molecule has 22 heavy (non-hydrogen) atoms. The smallest absolute Gasteiger partial charge is 0.257 e. The summed E-state index contributed by atoms with van der Waals surface area (Å²) >= 11 is 11.0. The van der Waals surface area contributed by atoms with Gasteiger partial charge in [-0.25, -0.2) is 0 Å². The fourth-order valence-corrected chi connectivity index (χ4v) is 2.20. The molecule has 4 nitrogen and oxygen atoms in total. The Morgan fingerprint density at radius 1 is 1.23 bits per heavy atom. The number of carbonyl (C=O) groups excluding carboxylic acids is 1. The molecule has 0 aliphatic carbocycles. The van der Waals surface area contributed by atoms with Crippen LogP contribution in [-0.2, 0) is 0 Å². The van der Waals surface area contributed by atoms with E-state index in [1.165, 1.54) is 0 Å². The number of anilines is 1. The number of hydrogen-bond acceptors (Lipinski definition) is 3. The minimum absolute atomic E-state index is 0.207. The van der Waals surface area contributed by atoms with E-state index >= 15 is 0 Å². The molecule has 2 aromatic rings. The molecular formula is C16H15ClN2O2S. The number of amides is 1. The van der Waals surface area contributed by atoms with Crippen LogP contribution < -0.4 is 15.4 Å². The summed E-state index contributed by atoms with van der Waals surface area (Å²) in [5, 5.41) is 6.25. The molecule has 0 saturated carbocycles. The number of carbonyl (C=O) groups is 1. The minimum atomic E-state index is -0.319. The van der Waals surface area contributed by atoms with Crippen LogP contribution >= 0.6 is 23.8 Å². The third-order valence-electron chi connectivity index (χ3n) is 2.72. The Morgan fingerprint density at radius 2 is 2.00 bits per heavy atom. The molecule has 0 aliphatic rings. The van der Waals surface area contributed by atoms with Crippen molar-refractivity contribution in [3.8, 4) is 5.75 Å². The van der Waals surface area contributed by atoms with Gasteiger partial charge >= 0.3 is 0 Å². The fourth-order valence-electron chi connectivity index (χ4n) is 1.80. The molecule has 0 atom stereocenters. The van der Waals surface area contributed by atoms with E-state index in [-0.39, 0.29) is 11.0 Å². The van der Waals surface area contributed by atoms with Gasteiger partial charge in [-0.15, -0.1) is 0 Å². The summed E-state index contributed by atoms with van der Waals surface area (Å²) in [7, 11) is 0. The summed E-state index contributed by atoms with van der Waals surface area (Å²) in [6.45, 7) is 2.50. The average Bonchev–Trinajstić information content (AvgIpc) is 2.47. The highest BCUT2D eigenvalue weighted by molar-refractivity contribution is 7.80. The van der Waals surface area contributed by atoms with E-state index in [1.807, 2.05) is 25.1 Å². The van der Waals surface area contributed by atoms with E-state index in [1.54, 1.807) is 30.3 Å².